The first kappa shape index (κ1) is 11.5. The van der Waals surface area contributed by atoms with Crippen LogP contribution in [-0.2, 0) is 6.42 Å². The van der Waals surface area contributed by atoms with E-state index in [1.807, 2.05) is 19.0 Å². The van der Waals surface area contributed by atoms with Crippen LogP contribution in [0.15, 0.2) is 0 Å². The minimum absolute atomic E-state index is 0.577. The number of aryl methyl sites for hydroxylation is 1. The molecule has 0 spiro atoms. The molecule has 78 valence electrons. The average molecular weight is 306 g/mol. The number of nitrogen functional groups attached to an aromatic ring is 1. The number of rotatable bonds is 3. The third kappa shape index (κ3) is 2.46. The van der Waals surface area contributed by atoms with Gasteiger partial charge >= 0.3 is 0 Å². The number of halogens is 1. The van der Waals surface area contributed by atoms with Crippen molar-refractivity contribution in [2.75, 3.05) is 24.7 Å². The summed E-state index contributed by atoms with van der Waals surface area (Å²) in [5.41, 5.74) is 6.85. The van der Waals surface area contributed by atoms with E-state index < -0.39 is 0 Å². The molecule has 0 fully saturated rings. The van der Waals surface area contributed by atoms with Gasteiger partial charge in [-0.3, -0.25) is 0 Å². The van der Waals surface area contributed by atoms with Crippen molar-refractivity contribution in [2.45, 2.75) is 19.8 Å². The molecule has 1 rings (SSSR count). The summed E-state index contributed by atoms with van der Waals surface area (Å²) in [5.74, 6) is 1.26. The van der Waals surface area contributed by atoms with Crippen LogP contribution in [-0.4, -0.2) is 24.1 Å². The molecule has 0 aliphatic rings. The highest BCUT2D eigenvalue weighted by Crippen LogP contribution is 2.20. The summed E-state index contributed by atoms with van der Waals surface area (Å²) < 4.78 is 0.982. The lowest BCUT2D eigenvalue weighted by molar-refractivity contribution is 0.854. The van der Waals surface area contributed by atoms with Gasteiger partial charge in [-0.1, -0.05) is 13.3 Å². The summed E-state index contributed by atoms with van der Waals surface area (Å²) in [6.07, 6.45) is 2.02. The zero-order valence-electron chi connectivity index (χ0n) is 8.71. The Labute approximate surface area is 98.1 Å². The number of aromatic nitrogens is 2. The van der Waals surface area contributed by atoms with Crippen molar-refractivity contribution in [3.8, 4) is 0 Å². The topological polar surface area (TPSA) is 55.0 Å². The molecule has 5 heteroatoms. The van der Waals surface area contributed by atoms with E-state index in [2.05, 4.69) is 39.5 Å². The van der Waals surface area contributed by atoms with Gasteiger partial charge in [-0.2, -0.15) is 4.98 Å². The smallest absolute Gasteiger partial charge is 0.227 e. The van der Waals surface area contributed by atoms with Gasteiger partial charge in [0.25, 0.3) is 0 Å². The molecule has 0 aliphatic carbocycles. The summed E-state index contributed by atoms with van der Waals surface area (Å²) in [6, 6.07) is 0. The van der Waals surface area contributed by atoms with E-state index in [4.69, 9.17) is 5.73 Å². The van der Waals surface area contributed by atoms with Gasteiger partial charge in [0, 0.05) is 14.1 Å². The number of nitrogens with two attached hydrogens (primary N) is 1. The first-order valence-electron chi connectivity index (χ1n) is 4.55. The predicted octanol–water partition coefficient (Wildman–Crippen LogP) is 1.68. The second-order valence-corrected chi connectivity index (χ2v) is 4.39. The molecule has 14 heavy (non-hydrogen) atoms. The lowest BCUT2D eigenvalue weighted by Crippen LogP contribution is -2.16. The van der Waals surface area contributed by atoms with Gasteiger partial charge in [0.1, 0.15) is 5.82 Å². The second kappa shape index (κ2) is 4.77. The molecule has 0 saturated heterocycles. The highest BCUT2D eigenvalue weighted by atomic mass is 127. The zero-order valence-corrected chi connectivity index (χ0v) is 10.9. The molecular formula is C9H15IN4. The Morgan fingerprint density at radius 3 is 2.50 bits per heavy atom. The largest absolute Gasteiger partial charge is 0.383 e. The molecule has 2 N–H and O–H groups in total. The van der Waals surface area contributed by atoms with E-state index in [-0.39, 0.29) is 0 Å². The Morgan fingerprint density at radius 1 is 1.36 bits per heavy atom. The standard InChI is InChI=1S/C9H15IN4/c1-4-5-6-7(10)8(11)13-9(12-6)14(2)3/h4-5H2,1-3H3,(H2,11,12,13). The van der Waals surface area contributed by atoms with Crippen LogP contribution in [0.3, 0.4) is 0 Å². The van der Waals surface area contributed by atoms with Crippen molar-refractivity contribution in [2.24, 2.45) is 0 Å². The molecule has 1 aromatic heterocycles. The average Bonchev–Trinajstić information content (AvgIpc) is 2.12. The minimum atomic E-state index is 0.577. The maximum atomic E-state index is 5.80. The van der Waals surface area contributed by atoms with Gasteiger partial charge in [0.15, 0.2) is 0 Å². The maximum Gasteiger partial charge on any atom is 0.227 e. The molecule has 0 aromatic carbocycles. The highest BCUT2D eigenvalue weighted by Gasteiger charge is 2.09. The summed E-state index contributed by atoms with van der Waals surface area (Å²) in [6.45, 7) is 2.13. The lowest BCUT2D eigenvalue weighted by Gasteiger charge is -2.13. The Bertz CT molecular complexity index is 325. The fourth-order valence-corrected chi connectivity index (χ4v) is 1.61. The quantitative estimate of drug-likeness (QED) is 0.863. The van der Waals surface area contributed by atoms with Crippen LogP contribution in [0.1, 0.15) is 19.0 Å². The summed E-state index contributed by atoms with van der Waals surface area (Å²) in [7, 11) is 3.83. The van der Waals surface area contributed by atoms with Crippen molar-refractivity contribution in [3.63, 3.8) is 0 Å². The fourth-order valence-electron chi connectivity index (χ4n) is 1.10. The fraction of sp³-hybridized carbons (Fsp3) is 0.556. The van der Waals surface area contributed by atoms with Gasteiger partial charge in [-0.05, 0) is 29.0 Å². The molecule has 0 aliphatic heterocycles. The minimum Gasteiger partial charge on any atom is -0.383 e. The number of nitrogens with zero attached hydrogens (tertiary/aromatic N) is 3. The van der Waals surface area contributed by atoms with Gasteiger partial charge < -0.3 is 10.6 Å². The molecule has 4 nitrogen and oxygen atoms in total. The van der Waals surface area contributed by atoms with Gasteiger partial charge in [-0.15, -0.1) is 0 Å². The number of hydrogen-bond acceptors (Lipinski definition) is 4. The molecule has 1 aromatic rings. The molecule has 0 unspecified atom stereocenters. The molecule has 0 amide bonds. The molecule has 0 saturated carbocycles. The molecule has 0 atom stereocenters. The van der Waals surface area contributed by atoms with Crippen LogP contribution in [0, 0.1) is 3.57 Å². The van der Waals surface area contributed by atoms with Crippen LogP contribution in [0.5, 0.6) is 0 Å². The van der Waals surface area contributed by atoms with Crippen molar-refractivity contribution in [1.82, 2.24) is 9.97 Å². The van der Waals surface area contributed by atoms with E-state index >= 15 is 0 Å². The Kier molecular flexibility index (Phi) is 3.91. The monoisotopic (exact) mass is 306 g/mol. The van der Waals surface area contributed by atoms with Gasteiger partial charge in [-0.25, -0.2) is 4.98 Å². The molecular weight excluding hydrogens is 291 g/mol. The van der Waals surface area contributed by atoms with Gasteiger partial charge in [0.2, 0.25) is 5.95 Å². The number of anilines is 2. The summed E-state index contributed by atoms with van der Waals surface area (Å²) in [4.78, 5) is 10.5. The Balaban J connectivity index is 3.14. The first-order valence-corrected chi connectivity index (χ1v) is 5.63. The van der Waals surface area contributed by atoms with E-state index in [9.17, 15) is 0 Å². The lowest BCUT2D eigenvalue weighted by atomic mass is 10.2. The van der Waals surface area contributed by atoms with Crippen LogP contribution in [0.2, 0.25) is 0 Å². The van der Waals surface area contributed by atoms with Crippen molar-refractivity contribution >= 4 is 34.4 Å². The second-order valence-electron chi connectivity index (χ2n) is 3.31. The molecule has 1 heterocycles. The number of hydrogen-bond donors (Lipinski definition) is 1. The maximum absolute atomic E-state index is 5.80. The molecule has 0 bridgehead atoms. The van der Waals surface area contributed by atoms with Crippen LogP contribution < -0.4 is 10.6 Å². The molecule has 0 radical (unpaired) electrons. The highest BCUT2D eigenvalue weighted by molar-refractivity contribution is 14.1. The van der Waals surface area contributed by atoms with E-state index in [1.165, 1.54) is 0 Å². The first-order chi connectivity index (χ1) is 6.56. The van der Waals surface area contributed by atoms with E-state index in [0.717, 1.165) is 22.1 Å². The third-order valence-corrected chi connectivity index (χ3v) is 3.00. The third-order valence-electron chi connectivity index (χ3n) is 1.82. The normalized spacial score (nSPS) is 10.3. The van der Waals surface area contributed by atoms with E-state index in [0.29, 0.717) is 11.8 Å². The van der Waals surface area contributed by atoms with Crippen LogP contribution in [0.4, 0.5) is 11.8 Å². The van der Waals surface area contributed by atoms with Gasteiger partial charge in [0.05, 0.1) is 9.26 Å². The predicted molar refractivity (Wildman–Crippen MR) is 67.5 cm³/mol. The zero-order chi connectivity index (χ0) is 10.7. The van der Waals surface area contributed by atoms with Crippen molar-refractivity contribution in [3.05, 3.63) is 9.26 Å². The summed E-state index contributed by atoms with van der Waals surface area (Å²) >= 11 is 2.20. The SMILES string of the molecule is CCCc1nc(N(C)C)nc(N)c1I. The van der Waals surface area contributed by atoms with Crippen molar-refractivity contribution < 1.29 is 0 Å². The van der Waals surface area contributed by atoms with Crippen LogP contribution >= 0.6 is 22.6 Å². The Hall–Kier alpha value is -0.590. The summed E-state index contributed by atoms with van der Waals surface area (Å²) in [5, 5.41) is 0. The van der Waals surface area contributed by atoms with Crippen LogP contribution in [0.25, 0.3) is 0 Å². The van der Waals surface area contributed by atoms with E-state index in [1.54, 1.807) is 0 Å². The van der Waals surface area contributed by atoms with Crippen molar-refractivity contribution in [1.29, 1.82) is 0 Å². The Morgan fingerprint density at radius 2 is 2.00 bits per heavy atom.